The fourth-order valence-corrected chi connectivity index (χ4v) is 4.08. The van der Waals surface area contributed by atoms with Crippen molar-refractivity contribution in [1.29, 1.82) is 0 Å². The van der Waals surface area contributed by atoms with Crippen molar-refractivity contribution in [3.8, 4) is 0 Å². The summed E-state index contributed by atoms with van der Waals surface area (Å²) < 4.78 is 0. The lowest BCUT2D eigenvalue weighted by Crippen LogP contribution is -2.34. The highest BCUT2D eigenvalue weighted by Crippen LogP contribution is 2.38. The van der Waals surface area contributed by atoms with E-state index in [9.17, 15) is 0 Å². The normalized spacial score (nSPS) is 24.0. The summed E-state index contributed by atoms with van der Waals surface area (Å²) in [7, 11) is 0. The lowest BCUT2D eigenvalue weighted by atomic mass is 9.80. The molecule has 1 N–H and O–H groups in total. The number of rotatable bonds is 5. The van der Waals surface area contributed by atoms with E-state index in [1.807, 2.05) is 11.3 Å². The van der Waals surface area contributed by atoms with E-state index in [1.54, 1.807) is 0 Å². The van der Waals surface area contributed by atoms with Gasteiger partial charge in [0.25, 0.3) is 0 Å². The standard InChI is InChI=1S/C17H30N2S/c1-5-6-13-7-9-14(10-8-13)16-18-11-15(20-16)12-19-17(2,3)4/h11,13-14,19H,5-10,12H2,1-4H3. The van der Waals surface area contributed by atoms with Gasteiger partial charge in [-0.1, -0.05) is 19.8 Å². The average Bonchev–Trinajstić information content (AvgIpc) is 2.86. The van der Waals surface area contributed by atoms with Crippen LogP contribution in [0.5, 0.6) is 0 Å². The van der Waals surface area contributed by atoms with E-state index < -0.39 is 0 Å². The summed E-state index contributed by atoms with van der Waals surface area (Å²) in [6.07, 6.45) is 10.4. The molecule has 0 amide bonds. The van der Waals surface area contributed by atoms with Gasteiger partial charge >= 0.3 is 0 Å². The Morgan fingerprint density at radius 1 is 1.25 bits per heavy atom. The molecule has 0 atom stereocenters. The second-order valence-corrected chi connectivity index (χ2v) is 8.42. The Bertz CT molecular complexity index is 397. The monoisotopic (exact) mass is 294 g/mol. The maximum atomic E-state index is 4.69. The molecule has 0 spiro atoms. The van der Waals surface area contributed by atoms with Crippen molar-refractivity contribution in [1.82, 2.24) is 10.3 Å². The summed E-state index contributed by atoms with van der Waals surface area (Å²) in [5, 5.41) is 4.93. The first-order valence-electron chi connectivity index (χ1n) is 8.17. The van der Waals surface area contributed by atoms with Crippen LogP contribution in [0.4, 0.5) is 0 Å². The fourth-order valence-electron chi connectivity index (χ4n) is 3.05. The Morgan fingerprint density at radius 3 is 2.55 bits per heavy atom. The van der Waals surface area contributed by atoms with E-state index >= 15 is 0 Å². The number of hydrogen-bond donors (Lipinski definition) is 1. The van der Waals surface area contributed by atoms with Crippen molar-refractivity contribution >= 4 is 11.3 Å². The molecule has 0 unspecified atom stereocenters. The zero-order chi connectivity index (χ0) is 14.6. The molecule has 2 nitrogen and oxygen atoms in total. The number of nitrogens with one attached hydrogen (secondary N) is 1. The van der Waals surface area contributed by atoms with Gasteiger partial charge in [0.15, 0.2) is 0 Å². The first-order chi connectivity index (χ1) is 9.48. The van der Waals surface area contributed by atoms with Crippen LogP contribution in [-0.4, -0.2) is 10.5 Å². The van der Waals surface area contributed by atoms with Gasteiger partial charge in [-0.15, -0.1) is 11.3 Å². The first-order valence-corrected chi connectivity index (χ1v) is 8.99. The molecule has 1 saturated carbocycles. The molecule has 0 bridgehead atoms. The summed E-state index contributed by atoms with van der Waals surface area (Å²) >= 11 is 1.92. The molecule has 1 heterocycles. The van der Waals surface area contributed by atoms with Crippen LogP contribution in [0.2, 0.25) is 0 Å². The highest BCUT2D eigenvalue weighted by atomic mass is 32.1. The van der Waals surface area contributed by atoms with Crippen LogP contribution in [0.1, 0.15) is 82.0 Å². The van der Waals surface area contributed by atoms with Crippen LogP contribution in [0.15, 0.2) is 6.20 Å². The number of nitrogens with zero attached hydrogens (tertiary/aromatic N) is 1. The zero-order valence-electron chi connectivity index (χ0n) is 13.5. The summed E-state index contributed by atoms with van der Waals surface area (Å²) in [4.78, 5) is 6.07. The molecule has 1 aromatic heterocycles. The number of thiazole rings is 1. The van der Waals surface area contributed by atoms with Gasteiger partial charge < -0.3 is 5.32 Å². The Kier molecular flexibility index (Phi) is 5.62. The minimum absolute atomic E-state index is 0.183. The highest BCUT2D eigenvalue weighted by molar-refractivity contribution is 7.11. The SMILES string of the molecule is CCCC1CCC(c2ncc(CNC(C)(C)C)s2)CC1. The third kappa shape index (κ3) is 4.85. The van der Waals surface area contributed by atoms with E-state index in [0.29, 0.717) is 0 Å². The van der Waals surface area contributed by atoms with Crippen molar-refractivity contribution < 1.29 is 0 Å². The van der Waals surface area contributed by atoms with Gasteiger partial charge in [-0.3, -0.25) is 0 Å². The molecule has 1 aliphatic carbocycles. The van der Waals surface area contributed by atoms with Crippen LogP contribution in [0, 0.1) is 5.92 Å². The molecular weight excluding hydrogens is 264 g/mol. The molecule has 1 aliphatic rings. The molecule has 0 aromatic carbocycles. The number of aromatic nitrogens is 1. The summed E-state index contributed by atoms with van der Waals surface area (Å²) in [6.45, 7) is 9.89. The van der Waals surface area contributed by atoms with Gasteiger partial charge in [0.2, 0.25) is 0 Å². The second kappa shape index (κ2) is 7.04. The van der Waals surface area contributed by atoms with Crippen LogP contribution in [-0.2, 0) is 6.54 Å². The Balaban J connectivity index is 1.84. The summed E-state index contributed by atoms with van der Waals surface area (Å²) in [6, 6.07) is 0. The van der Waals surface area contributed by atoms with E-state index in [0.717, 1.165) is 18.4 Å². The molecule has 0 radical (unpaired) electrons. The topological polar surface area (TPSA) is 24.9 Å². The molecule has 0 aliphatic heterocycles. The average molecular weight is 295 g/mol. The first kappa shape index (κ1) is 16.0. The van der Waals surface area contributed by atoms with Gasteiger partial charge in [0, 0.05) is 29.1 Å². The minimum atomic E-state index is 0.183. The summed E-state index contributed by atoms with van der Waals surface area (Å²) in [5.74, 6) is 1.72. The third-order valence-electron chi connectivity index (χ3n) is 4.26. The lowest BCUT2D eigenvalue weighted by molar-refractivity contribution is 0.308. The maximum absolute atomic E-state index is 4.69. The largest absolute Gasteiger partial charge is 0.307 e. The summed E-state index contributed by atoms with van der Waals surface area (Å²) in [5.41, 5.74) is 0.183. The molecule has 3 heteroatoms. The van der Waals surface area contributed by atoms with Gasteiger partial charge in [0.1, 0.15) is 0 Å². The smallest absolute Gasteiger partial charge is 0.0959 e. The Hall–Kier alpha value is -0.410. The molecule has 2 rings (SSSR count). The van der Waals surface area contributed by atoms with Gasteiger partial charge in [0.05, 0.1) is 5.01 Å². The predicted octanol–water partition coefficient (Wildman–Crippen LogP) is 5.11. The van der Waals surface area contributed by atoms with E-state index in [4.69, 9.17) is 4.98 Å². The Morgan fingerprint density at radius 2 is 1.95 bits per heavy atom. The quantitative estimate of drug-likeness (QED) is 0.816. The Labute approximate surface area is 128 Å². The molecule has 1 fully saturated rings. The van der Waals surface area contributed by atoms with Crippen LogP contribution < -0.4 is 5.32 Å². The minimum Gasteiger partial charge on any atom is -0.307 e. The van der Waals surface area contributed by atoms with Crippen molar-refractivity contribution in [3.63, 3.8) is 0 Å². The van der Waals surface area contributed by atoms with Gasteiger partial charge in [-0.25, -0.2) is 4.98 Å². The second-order valence-electron chi connectivity index (χ2n) is 7.27. The molecular formula is C17H30N2S. The van der Waals surface area contributed by atoms with Gasteiger partial charge in [-0.2, -0.15) is 0 Å². The van der Waals surface area contributed by atoms with Gasteiger partial charge in [-0.05, 0) is 52.4 Å². The maximum Gasteiger partial charge on any atom is 0.0959 e. The zero-order valence-corrected chi connectivity index (χ0v) is 14.4. The molecule has 1 aromatic rings. The predicted molar refractivity (Wildman–Crippen MR) is 88.3 cm³/mol. The van der Waals surface area contributed by atoms with Crippen LogP contribution >= 0.6 is 11.3 Å². The third-order valence-corrected chi connectivity index (χ3v) is 5.42. The van der Waals surface area contributed by atoms with E-state index in [2.05, 4.69) is 39.2 Å². The number of hydrogen-bond acceptors (Lipinski definition) is 3. The van der Waals surface area contributed by atoms with E-state index in [-0.39, 0.29) is 5.54 Å². The molecule has 0 saturated heterocycles. The van der Waals surface area contributed by atoms with E-state index in [1.165, 1.54) is 48.4 Å². The van der Waals surface area contributed by atoms with Crippen LogP contribution in [0.25, 0.3) is 0 Å². The van der Waals surface area contributed by atoms with Crippen molar-refractivity contribution in [2.45, 2.75) is 84.2 Å². The van der Waals surface area contributed by atoms with Crippen molar-refractivity contribution in [3.05, 3.63) is 16.1 Å². The molecule has 114 valence electrons. The fraction of sp³-hybridized carbons (Fsp3) is 0.824. The lowest BCUT2D eigenvalue weighted by Gasteiger charge is -2.27. The van der Waals surface area contributed by atoms with Crippen molar-refractivity contribution in [2.24, 2.45) is 5.92 Å². The highest BCUT2D eigenvalue weighted by Gasteiger charge is 2.24. The molecule has 20 heavy (non-hydrogen) atoms. The van der Waals surface area contributed by atoms with Crippen molar-refractivity contribution in [2.75, 3.05) is 0 Å². The van der Waals surface area contributed by atoms with Crippen LogP contribution in [0.3, 0.4) is 0 Å².